The van der Waals surface area contributed by atoms with Gasteiger partial charge < -0.3 is 20.7 Å². The van der Waals surface area contributed by atoms with Crippen molar-refractivity contribution in [1.29, 1.82) is 0 Å². The van der Waals surface area contributed by atoms with Gasteiger partial charge in [0.05, 0.1) is 29.8 Å². The first-order valence-electron chi connectivity index (χ1n) is 11.6. The molecule has 2 aromatic heterocycles. The molecule has 1 aromatic carbocycles. The number of methoxy groups -OCH3 is 1. The molecule has 0 bridgehead atoms. The lowest BCUT2D eigenvalue weighted by atomic mass is 10.1. The van der Waals surface area contributed by atoms with Gasteiger partial charge in [-0.1, -0.05) is 12.5 Å². The van der Waals surface area contributed by atoms with Crippen LogP contribution in [0.4, 0.5) is 19.0 Å². The Balaban J connectivity index is 1.74. The van der Waals surface area contributed by atoms with E-state index in [-0.39, 0.29) is 57.8 Å². The van der Waals surface area contributed by atoms with Crippen LogP contribution >= 0.6 is 0 Å². The molecule has 0 radical (unpaired) electrons. The predicted molar refractivity (Wildman–Crippen MR) is 134 cm³/mol. The first kappa shape index (κ1) is 26.7. The number of carbonyl (C=O) groups is 2. The summed E-state index contributed by atoms with van der Waals surface area (Å²) in [5, 5.41) is 7.62. The largest absolute Gasteiger partial charge is 0.383 e. The number of benzene rings is 1. The van der Waals surface area contributed by atoms with Crippen LogP contribution in [-0.2, 0) is 9.53 Å². The van der Waals surface area contributed by atoms with Gasteiger partial charge in [0.15, 0.2) is 5.69 Å². The monoisotopic (exact) mass is 526 g/mol. The Labute approximate surface area is 216 Å². The first-order chi connectivity index (χ1) is 18.2. The highest BCUT2D eigenvalue weighted by Gasteiger charge is 2.37. The number of anilines is 1. The highest BCUT2D eigenvalue weighted by atomic mass is 19.3. The minimum Gasteiger partial charge on any atom is -0.383 e. The number of carbonyl (C=O) groups excluding carboxylic acids is 2. The lowest BCUT2D eigenvalue weighted by Gasteiger charge is -2.22. The molecule has 2 amide bonds. The average Bonchev–Trinajstić information content (AvgIpc) is 3.48. The van der Waals surface area contributed by atoms with E-state index in [4.69, 9.17) is 10.5 Å². The summed E-state index contributed by atoms with van der Waals surface area (Å²) < 4.78 is 47.5. The Bertz CT molecular complexity index is 1480. The molecule has 4 rings (SSSR count). The molecule has 9 nitrogen and oxygen atoms in total. The van der Waals surface area contributed by atoms with Crippen LogP contribution in [0.5, 0.6) is 0 Å². The number of alkyl halides is 2. The topological polar surface area (TPSA) is 115 Å². The fourth-order valence-corrected chi connectivity index (χ4v) is 4.57. The maximum atomic E-state index is 14.8. The Morgan fingerprint density at radius 3 is 2.74 bits per heavy atom. The number of pyridine rings is 1. The SMILES string of the molecule is C=CC(=O)N1C[C@@H](n2nc(C#Cc3cc4ncc(C(F)F)cc4cc3F)c(C(N)=O)c2NC)C[C@@H]1COC. The van der Waals surface area contributed by atoms with Gasteiger partial charge >= 0.3 is 0 Å². The molecule has 0 saturated carbocycles. The van der Waals surface area contributed by atoms with E-state index in [9.17, 15) is 22.8 Å². The van der Waals surface area contributed by atoms with E-state index in [1.54, 1.807) is 16.6 Å². The number of nitrogens with two attached hydrogens (primary N) is 1. The molecule has 3 aromatic rings. The Morgan fingerprint density at radius 2 is 2.11 bits per heavy atom. The summed E-state index contributed by atoms with van der Waals surface area (Å²) in [5.74, 6) is 3.87. The molecule has 1 fully saturated rings. The molecule has 38 heavy (non-hydrogen) atoms. The summed E-state index contributed by atoms with van der Waals surface area (Å²) in [6, 6.07) is 3.00. The number of hydrogen-bond acceptors (Lipinski definition) is 6. The van der Waals surface area contributed by atoms with Crippen molar-refractivity contribution in [3.8, 4) is 11.8 Å². The van der Waals surface area contributed by atoms with Crippen LogP contribution in [0.25, 0.3) is 10.9 Å². The second-order valence-electron chi connectivity index (χ2n) is 8.67. The van der Waals surface area contributed by atoms with Crippen molar-refractivity contribution >= 4 is 28.5 Å². The van der Waals surface area contributed by atoms with Crippen LogP contribution in [0.1, 0.15) is 46.1 Å². The van der Waals surface area contributed by atoms with Crippen LogP contribution in [0, 0.1) is 17.7 Å². The number of nitrogens with one attached hydrogen (secondary N) is 1. The molecule has 0 aliphatic carbocycles. The quantitative estimate of drug-likeness (QED) is 0.361. The summed E-state index contributed by atoms with van der Waals surface area (Å²) in [6.45, 7) is 4.13. The lowest BCUT2D eigenvalue weighted by molar-refractivity contribution is -0.127. The molecule has 1 aliphatic heterocycles. The van der Waals surface area contributed by atoms with E-state index in [1.165, 1.54) is 19.3 Å². The van der Waals surface area contributed by atoms with Gasteiger partial charge in [-0.3, -0.25) is 14.6 Å². The van der Waals surface area contributed by atoms with Gasteiger partial charge in [0.1, 0.15) is 17.2 Å². The van der Waals surface area contributed by atoms with Crippen molar-refractivity contribution < 1.29 is 27.5 Å². The Morgan fingerprint density at radius 1 is 1.34 bits per heavy atom. The van der Waals surface area contributed by atoms with Crippen LogP contribution in [-0.4, -0.2) is 64.8 Å². The molecule has 0 spiro atoms. The highest BCUT2D eigenvalue weighted by molar-refractivity contribution is 6.00. The number of hydrogen-bond donors (Lipinski definition) is 2. The standard InChI is InChI=1S/C26H25F3N6O3/c1-4-22(36)34-12-17(10-18(34)13-38-3)35-26(31-2)23(25(30)37)20(33-35)6-5-14-9-21-15(8-19(14)27)7-16(11-32-21)24(28)29/h4,7-9,11,17-18,24,31H,1,10,12-13H2,2-3H3,(H2,30,37)/t17-,18+/m0/s1. The summed E-state index contributed by atoms with van der Waals surface area (Å²) in [7, 11) is 3.13. The fourth-order valence-electron chi connectivity index (χ4n) is 4.57. The summed E-state index contributed by atoms with van der Waals surface area (Å²) >= 11 is 0. The van der Waals surface area contributed by atoms with Crippen LogP contribution < -0.4 is 11.1 Å². The van der Waals surface area contributed by atoms with Gasteiger partial charge in [-0.2, -0.15) is 5.10 Å². The van der Waals surface area contributed by atoms with Crippen LogP contribution in [0.15, 0.2) is 37.1 Å². The number of primary amides is 1. The normalized spacial score (nSPS) is 16.9. The summed E-state index contributed by atoms with van der Waals surface area (Å²) in [6.07, 6.45) is -0.00199. The smallest absolute Gasteiger partial charge is 0.265 e. The van der Waals surface area contributed by atoms with Gasteiger partial charge in [-0.05, 0) is 36.6 Å². The van der Waals surface area contributed by atoms with Crippen molar-refractivity contribution in [2.24, 2.45) is 5.73 Å². The number of halogens is 3. The highest BCUT2D eigenvalue weighted by Crippen LogP contribution is 2.32. The second-order valence-corrected chi connectivity index (χ2v) is 8.67. The zero-order valence-electron chi connectivity index (χ0n) is 20.7. The van der Waals surface area contributed by atoms with Crippen molar-refractivity contribution in [2.45, 2.75) is 24.9 Å². The predicted octanol–water partition coefficient (Wildman–Crippen LogP) is 3.02. The van der Waals surface area contributed by atoms with Crippen molar-refractivity contribution in [3.63, 3.8) is 0 Å². The third-order valence-electron chi connectivity index (χ3n) is 6.31. The number of ether oxygens (including phenoxy) is 1. The van der Waals surface area contributed by atoms with Gasteiger partial charge in [-0.15, -0.1) is 0 Å². The third kappa shape index (κ3) is 5.05. The first-order valence-corrected chi connectivity index (χ1v) is 11.6. The molecule has 3 heterocycles. The van der Waals surface area contributed by atoms with Gasteiger partial charge in [-0.25, -0.2) is 17.9 Å². The Kier molecular flexibility index (Phi) is 7.68. The van der Waals surface area contributed by atoms with Gasteiger partial charge in [0, 0.05) is 37.8 Å². The molecule has 198 valence electrons. The molecular weight excluding hydrogens is 501 g/mol. The van der Waals surface area contributed by atoms with Gasteiger partial charge in [0.25, 0.3) is 12.3 Å². The third-order valence-corrected chi connectivity index (χ3v) is 6.31. The molecule has 1 aliphatic rings. The fraction of sp³-hybridized carbons (Fsp3) is 0.308. The van der Waals surface area contributed by atoms with Crippen LogP contribution in [0.3, 0.4) is 0 Å². The lowest BCUT2D eigenvalue weighted by Crippen LogP contribution is -2.37. The van der Waals surface area contributed by atoms with Crippen LogP contribution in [0.2, 0.25) is 0 Å². The van der Waals surface area contributed by atoms with E-state index in [0.29, 0.717) is 18.8 Å². The van der Waals surface area contributed by atoms with Crippen molar-refractivity contribution in [3.05, 3.63) is 65.3 Å². The molecule has 12 heteroatoms. The zero-order chi connectivity index (χ0) is 27.6. The maximum absolute atomic E-state index is 14.8. The van der Waals surface area contributed by atoms with Gasteiger partial charge in [0.2, 0.25) is 5.91 Å². The molecule has 2 atom stereocenters. The number of fused-ring (bicyclic) bond motifs is 1. The molecule has 0 unspecified atom stereocenters. The number of nitrogens with zero attached hydrogens (tertiary/aromatic N) is 4. The molecule has 1 saturated heterocycles. The van der Waals surface area contributed by atoms with E-state index >= 15 is 0 Å². The Hall–Kier alpha value is -4.37. The minimum absolute atomic E-state index is 0.0117. The second kappa shape index (κ2) is 10.9. The summed E-state index contributed by atoms with van der Waals surface area (Å²) in [5.41, 5.74) is 5.57. The molecular formula is C26H25F3N6O3. The molecule has 3 N–H and O–H groups in total. The van der Waals surface area contributed by atoms with E-state index in [1.807, 2.05) is 0 Å². The van der Waals surface area contributed by atoms with Crippen molar-refractivity contribution in [1.82, 2.24) is 19.7 Å². The van der Waals surface area contributed by atoms with E-state index < -0.39 is 18.1 Å². The number of aromatic nitrogens is 3. The maximum Gasteiger partial charge on any atom is 0.265 e. The number of amides is 2. The minimum atomic E-state index is -2.73. The summed E-state index contributed by atoms with van der Waals surface area (Å²) in [4.78, 5) is 30.3. The van der Waals surface area contributed by atoms with Crippen molar-refractivity contribution in [2.75, 3.05) is 32.6 Å². The number of likely N-dealkylation sites (tertiary alicyclic amines) is 1. The van der Waals surface area contributed by atoms with E-state index in [0.717, 1.165) is 18.3 Å². The zero-order valence-corrected chi connectivity index (χ0v) is 20.7. The van der Waals surface area contributed by atoms with E-state index in [2.05, 4.69) is 33.8 Å². The average molecular weight is 527 g/mol. The number of rotatable bonds is 7.